The number of methoxy groups -OCH3 is 1. The largest absolute Gasteiger partial charge is 0.396 e. The molecule has 0 aromatic rings. The van der Waals surface area contributed by atoms with Gasteiger partial charge in [-0.25, -0.2) is 0 Å². The fraction of sp³-hybridized carbons (Fsp3) is 1.00. The predicted octanol–water partition coefficient (Wildman–Crippen LogP) is 0.378. The van der Waals surface area contributed by atoms with Crippen molar-refractivity contribution < 1.29 is 14.6 Å². The molecule has 0 aromatic heterocycles. The minimum absolute atomic E-state index is 0.156. The fourth-order valence-electron chi connectivity index (χ4n) is 0.382. The molecule has 0 aromatic carbocycles. The van der Waals surface area contributed by atoms with Gasteiger partial charge >= 0.3 is 0 Å². The molecule has 0 amide bonds. The highest BCUT2D eigenvalue weighted by atomic mass is 16.7. The molecule has 1 atom stereocenters. The second kappa shape index (κ2) is 6.01. The maximum atomic E-state index is 8.33. The molecule has 0 spiro atoms. The molecule has 56 valence electrons. The van der Waals surface area contributed by atoms with Gasteiger partial charge in [-0.3, -0.25) is 0 Å². The van der Waals surface area contributed by atoms with Gasteiger partial charge in [0.25, 0.3) is 0 Å². The van der Waals surface area contributed by atoms with Crippen LogP contribution < -0.4 is 0 Å². The number of aliphatic hydroxyl groups excluding tert-OH is 1. The molecular weight excluding hydrogens is 120 g/mol. The SMILES string of the molecule is COC(C)OCCCO. The summed E-state index contributed by atoms with van der Waals surface area (Å²) in [5.74, 6) is 0. The van der Waals surface area contributed by atoms with Crippen molar-refractivity contribution in [3.05, 3.63) is 0 Å². The second-order valence-corrected chi connectivity index (χ2v) is 1.75. The molecule has 9 heavy (non-hydrogen) atoms. The summed E-state index contributed by atoms with van der Waals surface area (Å²) in [6.45, 7) is 2.55. The molecule has 3 heteroatoms. The van der Waals surface area contributed by atoms with Gasteiger partial charge in [-0.15, -0.1) is 0 Å². The minimum atomic E-state index is -0.156. The molecule has 1 unspecified atom stereocenters. The predicted molar refractivity (Wildman–Crippen MR) is 34.1 cm³/mol. The Hall–Kier alpha value is -0.120. The molecular formula is C6H14O3. The molecule has 1 N–H and O–H groups in total. The summed E-state index contributed by atoms with van der Waals surface area (Å²) in [6.07, 6.45) is 0.518. The fourth-order valence-corrected chi connectivity index (χ4v) is 0.382. The van der Waals surface area contributed by atoms with Crippen molar-refractivity contribution in [3.8, 4) is 0 Å². The van der Waals surface area contributed by atoms with Gasteiger partial charge in [0.15, 0.2) is 6.29 Å². The number of rotatable bonds is 5. The van der Waals surface area contributed by atoms with E-state index < -0.39 is 0 Å². The summed E-state index contributed by atoms with van der Waals surface area (Å²) in [7, 11) is 1.59. The molecule has 3 nitrogen and oxygen atoms in total. The van der Waals surface area contributed by atoms with E-state index in [1.165, 1.54) is 0 Å². The lowest BCUT2D eigenvalue weighted by atomic mass is 10.5. The Balaban J connectivity index is 2.88. The van der Waals surface area contributed by atoms with Gasteiger partial charge in [-0.2, -0.15) is 0 Å². The van der Waals surface area contributed by atoms with Gasteiger partial charge in [-0.05, 0) is 13.3 Å². The topological polar surface area (TPSA) is 38.7 Å². The number of hydrogen-bond acceptors (Lipinski definition) is 3. The van der Waals surface area contributed by atoms with E-state index in [0.717, 1.165) is 0 Å². The Bertz CT molecular complexity index is 56.3. The highest BCUT2D eigenvalue weighted by molar-refractivity contribution is 4.32. The Morgan fingerprint density at radius 1 is 1.56 bits per heavy atom. The lowest BCUT2D eigenvalue weighted by Gasteiger charge is -2.08. The van der Waals surface area contributed by atoms with E-state index in [0.29, 0.717) is 13.0 Å². The maximum absolute atomic E-state index is 8.33. The van der Waals surface area contributed by atoms with Crippen molar-refractivity contribution in [2.75, 3.05) is 20.3 Å². The first-order chi connectivity index (χ1) is 4.31. The average Bonchev–Trinajstić information content (AvgIpc) is 1.89. The zero-order chi connectivity index (χ0) is 7.11. The van der Waals surface area contributed by atoms with Crippen molar-refractivity contribution in [1.29, 1.82) is 0 Å². The number of aliphatic hydroxyl groups is 1. The Labute approximate surface area is 55.6 Å². The summed E-state index contributed by atoms with van der Waals surface area (Å²) in [5.41, 5.74) is 0. The van der Waals surface area contributed by atoms with Crippen LogP contribution in [0.4, 0.5) is 0 Å². The first-order valence-electron chi connectivity index (χ1n) is 3.06. The zero-order valence-corrected chi connectivity index (χ0v) is 5.96. The molecule has 0 saturated heterocycles. The Kier molecular flexibility index (Phi) is 5.93. The molecule has 0 rings (SSSR count). The Morgan fingerprint density at radius 2 is 2.22 bits per heavy atom. The van der Waals surface area contributed by atoms with Crippen molar-refractivity contribution in [3.63, 3.8) is 0 Å². The van der Waals surface area contributed by atoms with Crippen molar-refractivity contribution in [2.45, 2.75) is 19.6 Å². The third kappa shape index (κ3) is 5.76. The van der Waals surface area contributed by atoms with Crippen LogP contribution >= 0.6 is 0 Å². The summed E-state index contributed by atoms with van der Waals surface area (Å²) in [6, 6.07) is 0. The highest BCUT2D eigenvalue weighted by Crippen LogP contribution is 1.90. The molecule has 0 bridgehead atoms. The summed E-state index contributed by atoms with van der Waals surface area (Å²) in [5, 5.41) is 8.33. The number of hydrogen-bond donors (Lipinski definition) is 1. The quantitative estimate of drug-likeness (QED) is 0.436. The first kappa shape index (κ1) is 8.88. The zero-order valence-electron chi connectivity index (χ0n) is 5.96. The van der Waals surface area contributed by atoms with Crippen molar-refractivity contribution in [1.82, 2.24) is 0 Å². The smallest absolute Gasteiger partial charge is 0.154 e. The van der Waals surface area contributed by atoms with Gasteiger partial charge in [0.05, 0.1) is 6.61 Å². The van der Waals surface area contributed by atoms with Crippen LogP contribution in [-0.2, 0) is 9.47 Å². The van der Waals surface area contributed by atoms with E-state index in [4.69, 9.17) is 14.6 Å². The third-order valence-corrected chi connectivity index (χ3v) is 0.987. The third-order valence-electron chi connectivity index (χ3n) is 0.987. The van der Waals surface area contributed by atoms with E-state index >= 15 is 0 Å². The summed E-state index contributed by atoms with van der Waals surface area (Å²) < 4.78 is 9.84. The monoisotopic (exact) mass is 134 g/mol. The molecule has 0 aliphatic carbocycles. The van der Waals surface area contributed by atoms with Gasteiger partial charge < -0.3 is 14.6 Å². The van der Waals surface area contributed by atoms with Crippen molar-refractivity contribution in [2.24, 2.45) is 0 Å². The van der Waals surface area contributed by atoms with Crippen LogP contribution in [0.25, 0.3) is 0 Å². The van der Waals surface area contributed by atoms with Gasteiger partial charge in [-0.1, -0.05) is 0 Å². The van der Waals surface area contributed by atoms with E-state index in [-0.39, 0.29) is 12.9 Å². The van der Waals surface area contributed by atoms with Crippen molar-refractivity contribution >= 4 is 0 Å². The first-order valence-corrected chi connectivity index (χ1v) is 3.06. The van der Waals surface area contributed by atoms with E-state index in [2.05, 4.69) is 0 Å². The summed E-state index contributed by atoms with van der Waals surface area (Å²) in [4.78, 5) is 0. The van der Waals surface area contributed by atoms with Gasteiger partial charge in [0.2, 0.25) is 0 Å². The van der Waals surface area contributed by atoms with E-state index in [1.54, 1.807) is 7.11 Å². The van der Waals surface area contributed by atoms with Crippen LogP contribution in [-0.4, -0.2) is 31.7 Å². The van der Waals surface area contributed by atoms with Gasteiger partial charge in [0.1, 0.15) is 0 Å². The van der Waals surface area contributed by atoms with Gasteiger partial charge in [0, 0.05) is 13.7 Å². The van der Waals surface area contributed by atoms with Crippen LogP contribution in [0.5, 0.6) is 0 Å². The molecule has 0 saturated carbocycles. The maximum Gasteiger partial charge on any atom is 0.154 e. The normalized spacial score (nSPS) is 13.7. The van der Waals surface area contributed by atoms with E-state index in [9.17, 15) is 0 Å². The van der Waals surface area contributed by atoms with E-state index in [1.807, 2.05) is 6.92 Å². The van der Waals surface area contributed by atoms with Crippen LogP contribution in [0.1, 0.15) is 13.3 Å². The molecule has 0 radical (unpaired) electrons. The van der Waals surface area contributed by atoms with Crippen LogP contribution in [0, 0.1) is 0 Å². The Morgan fingerprint density at radius 3 is 2.67 bits per heavy atom. The van der Waals surface area contributed by atoms with Crippen LogP contribution in [0.3, 0.4) is 0 Å². The molecule has 0 aliphatic rings. The molecule has 0 heterocycles. The second-order valence-electron chi connectivity index (χ2n) is 1.75. The lowest BCUT2D eigenvalue weighted by molar-refractivity contribution is -0.112. The average molecular weight is 134 g/mol. The summed E-state index contributed by atoms with van der Waals surface area (Å²) >= 11 is 0. The van der Waals surface area contributed by atoms with Crippen LogP contribution in [0.2, 0.25) is 0 Å². The number of ether oxygens (including phenoxy) is 2. The molecule has 0 aliphatic heterocycles. The molecule has 0 fully saturated rings. The highest BCUT2D eigenvalue weighted by Gasteiger charge is 1.95. The lowest BCUT2D eigenvalue weighted by Crippen LogP contribution is -2.11. The van der Waals surface area contributed by atoms with Crippen LogP contribution in [0.15, 0.2) is 0 Å². The minimum Gasteiger partial charge on any atom is -0.396 e. The standard InChI is InChI=1S/C6H14O3/c1-6(8-2)9-5-3-4-7/h6-7H,3-5H2,1-2H3.